The molecule has 0 unspecified atom stereocenters. The van der Waals surface area contributed by atoms with E-state index in [1.807, 2.05) is 5.38 Å². The lowest BCUT2D eigenvalue weighted by Gasteiger charge is -1.98. The molecule has 13 heavy (non-hydrogen) atoms. The van der Waals surface area contributed by atoms with Crippen molar-refractivity contribution in [3.8, 4) is 6.01 Å². The highest BCUT2D eigenvalue weighted by atomic mass is 32.1. The Kier molecular flexibility index (Phi) is 1.26. The summed E-state index contributed by atoms with van der Waals surface area (Å²) in [5.41, 5.74) is 0.0127. The maximum atomic E-state index is 11.7. The summed E-state index contributed by atoms with van der Waals surface area (Å²) in [5.74, 6) is 0. The minimum absolute atomic E-state index is 0.0127. The van der Waals surface area contributed by atoms with Gasteiger partial charge in [-0.1, -0.05) is 0 Å². The minimum Gasteiger partial charge on any atom is -0.463 e. The molecule has 0 N–H and O–H groups in total. The zero-order valence-electron chi connectivity index (χ0n) is 6.69. The third-order valence-electron chi connectivity index (χ3n) is 2.09. The molecule has 0 fully saturated rings. The highest BCUT2D eigenvalue weighted by Gasteiger charge is 2.17. The van der Waals surface area contributed by atoms with Crippen LogP contribution in [-0.2, 0) is 6.54 Å². The molecule has 0 spiro atoms. The average molecular weight is 194 g/mol. The van der Waals surface area contributed by atoms with Crippen LogP contribution in [0.3, 0.4) is 0 Å². The first-order chi connectivity index (χ1) is 6.36. The lowest BCUT2D eigenvalue weighted by atomic mass is 10.4. The molecule has 4 nitrogen and oxygen atoms in total. The van der Waals surface area contributed by atoms with Gasteiger partial charge in [-0.15, -0.1) is 11.3 Å². The molecule has 0 aliphatic carbocycles. The van der Waals surface area contributed by atoms with E-state index in [9.17, 15) is 4.79 Å². The van der Waals surface area contributed by atoms with Gasteiger partial charge < -0.3 is 4.74 Å². The van der Waals surface area contributed by atoms with Gasteiger partial charge in [-0.3, -0.25) is 9.36 Å². The molecule has 0 saturated heterocycles. The van der Waals surface area contributed by atoms with Crippen LogP contribution in [0.25, 0.3) is 10.2 Å². The number of hydrogen-bond donors (Lipinski definition) is 0. The topological polar surface area (TPSA) is 44.1 Å². The van der Waals surface area contributed by atoms with Crippen LogP contribution in [0, 0.1) is 0 Å². The second-order valence-electron chi connectivity index (χ2n) is 2.84. The molecule has 2 aromatic heterocycles. The summed E-state index contributed by atoms with van der Waals surface area (Å²) in [6.45, 7) is 1.17. The zero-order chi connectivity index (χ0) is 8.84. The molecule has 0 amide bonds. The van der Waals surface area contributed by atoms with Gasteiger partial charge in [-0.05, 0) is 11.4 Å². The van der Waals surface area contributed by atoms with Crippen LogP contribution in [0.2, 0.25) is 0 Å². The summed E-state index contributed by atoms with van der Waals surface area (Å²) in [6.07, 6.45) is 0. The van der Waals surface area contributed by atoms with E-state index in [-0.39, 0.29) is 5.56 Å². The van der Waals surface area contributed by atoms with Gasteiger partial charge in [0.25, 0.3) is 5.56 Å². The van der Waals surface area contributed by atoms with E-state index in [4.69, 9.17) is 4.74 Å². The Bertz CT molecular complexity index is 528. The molecule has 0 radical (unpaired) electrons. The maximum Gasteiger partial charge on any atom is 0.300 e. The van der Waals surface area contributed by atoms with Gasteiger partial charge in [0.05, 0.1) is 11.9 Å². The molecule has 0 atom stereocenters. The quantitative estimate of drug-likeness (QED) is 0.624. The van der Waals surface area contributed by atoms with E-state index >= 15 is 0 Å². The fourth-order valence-electron chi connectivity index (χ4n) is 1.47. The monoisotopic (exact) mass is 194 g/mol. The Labute approximate surface area is 77.4 Å². The normalized spacial score (nSPS) is 14.5. The van der Waals surface area contributed by atoms with Crippen molar-refractivity contribution >= 4 is 21.6 Å². The lowest BCUT2D eigenvalue weighted by Crippen LogP contribution is -2.17. The summed E-state index contributed by atoms with van der Waals surface area (Å²) in [6, 6.07) is 2.26. The first-order valence-electron chi connectivity index (χ1n) is 3.97. The molecule has 66 valence electrons. The van der Waals surface area contributed by atoms with Crippen LogP contribution in [0.15, 0.2) is 16.2 Å². The number of fused-ring (bicyclic) bond motifs is 2. The van der Waals surface area contributed by atoms with Crippen molar-refractivity contribution in [2.45, 2.75) is 6.54 Å². The van der Waals surface area contributed by atoms with Crippen LogP contribution in [-0.4, -0.2) is 16.2 Å². The second kappa shape index (κ2) is 2.32. The molecule has 0 bridgehead atoms. The molecule has 1 aliphatic heterocycles. The Morgan fingerprint density at radius 2 is 2.54 bits per heavy atom. The van der Waals surface area contributed by atoms with Gasteiger partial charge in [-0.2, -0.15) is 4.98 Å². The van der Waals surface area contributed by atoms with E-state index in [0.29, 0.717) is 24.5 Å². The van der Waals surface area contributed by atoms with Crippen molar-refractivity contribution in [3.63, 3.8) is 0 Å². The Hall–Kier alpha value is -1.36. The van der Waals surface area contributed by atoms with Gasteiger partial charge in [0, 0.05) is 0 Å². The van der Waals surface area contributed by atoms with Crippen molar-refractivity contribution in [2.75, 3.05) is 6.61 Å². The molecular formula is C8H6N2O2S. The Morgan fingerprint density at radius 1 is 1.62 bits per heavy atom. The number of hydrogen-bond acceptors (Lipinski definition) is 4. The predicted molar refractivity (Wildman–Crippen MR) is 49.4 cm³/mol. The van der Waals surface area contributed by atoms with E-state index in [1.54, 1.807) is 10.6 Å². The molecule has 3 heterocycles. The third kappa shape index (κ3) is 0.846. The minimum atomic E-state index is 0.0127. The van der Waals surface area contributed by atoms with E-state index in [2.05, 4.69) is 4.98 Å². The fraction of sp³-hybridized carbons (Fsp3) is 0.250. The number of nitrogens with zero attached hydrogens (tertiary/aromatic N) is 2. The first kappa shape index (κ1) is 7.08. The molecule has 2 aromatic rings. The van der Waals surface area contributed by atoms with Crippen LogP contribution in [0.4, 0.5) is 0 Å². The molecule has 5 heteroatoms. The molecule has 0 aromatic carbocycles. The summed E-state index contributed by atoms with van der Waals surface area (Å²) >= 11 is 1.46. The SMILES string of the molecule is O=c1c2ccsc2nc2n1CCO2. The van der Waals surface area contributed by atoms with Crippen molar-refractivity contribution in [1.29, 1.82) is 0 Å². The van der Waals surface area contributed by atoms with Crippen molar-refractivity contribution in [1.82, 2.24) is 9.55 Å². The standard InChI is InChI=1S/C8H6N2O2S/c11-7-5-1-4-13-6(5)9-8-10(7)2-3-12-8/h1,4H,2-3H2. The highest BCUT2D eigenvalue weighted by Crippen LogP contribution is 2.20. The Morgan fingerprint density at radius 3 is 3.46 bits per heavy atom. The third-order valence-corrected chi connectivity index (χ3v) is 2.90. The zero-order valence-corrected chi connectivity index (χ0v) is 7.50. The van der Waals surface area contributed by atoms with E-state index < -0.39 is 0 Å². The predicted octanol–water partition coefficient (Wildman–Crippen LogP) is 0.850. The van der Waals surface area contributed by atoms with Gasteiger partial charge in [0.1, 0.15) is 11.4 Å². The first-order valence-corrected chi connectivity index (χ1v) is 4.85. The fourth-order valence-corrected chi connectivity index (χ4v) is 2.21. The van der Waals surface area contributed by atoms with Crippen molar-refractivity contribution in [2.24, 2.45) is 0 Å². The van der Waals surface area contributed by atoms with E-state index in [0.717, 1.165) is 4.83 Å². The van der Waals surface area contributed by atoms with Crippen LogP contribution in [0.1, 0.15) is 0 Å². The molecule has 1 aliphatic rings. The molecule has 3 rings (SSSR count). The van der Waals surface area contributed by atoms with Gasteiger partial charge in [-0.25, -0.2) is 0 Å². The van der Waals surface area contributed by atoms with Gasteiger partial charge in [0.2, 0.25) is 0 Å². The highest BCUT2D eigenvalue weighted by molar-refractivity contribution is 7.16. The second-order valence-corrected chi connectivity index (χ2v) is 3.73. The van der Waals surface area contributed by atoms with Crippen LogP contribution >= 0.6 is 11.3 Å². The number of aromatic nitrogens is 2. The largest absolute Gasteiger partial charge is 0.463 e. The van der Waals surface area contributed by atoms with Gasteiger partial charge in [0.15, 0.2) is 0 Å². The number of ether oxygens (including phenoxy) is 1. The lowest BCUT2D eigenvalue weighted by molar-refractivity contribution is 0.345. The summed E-state index contributed by atoms with van der Waals surface area (Å²) in [7, 11) is 0. The van der Waals surface area contributed by atoms with Crippen LogP contribution in [0.5, 0.6) is 6.01 Å². The summed E-state index contributed by atoms with van der Waals surface area (Å²) in [5, 5.41) is 2.56. The van der Waals surface area contributed by atoms with E-state index in [1.165, 1.54) is 11.3 Å². The average Bonchev–Trinajstić information content (AvgIpc) is 2.71. The van der Waals surface area contributed by atoms with Crippen molar-refractivity contribution < 1.29 is 4.74 Å². The molecule has 0 saturated carbocycles. The smallest absolute Gasteiger partial charge is 0.300 e. The summed E-state index contributed by atoms with van der Waals surface area (Å²) in [4.78, 5) is 16.7. The maximum absolute atomic E-state index is 11.7. The van der Waals surface area contributed by atoms with Crippen LogP contribution < -0.4 is 10.3 Å². The Balaban J connectivity index is 2.53. The summed E-state index contributed by atoms with van der Waals surface area (Å²) < 4.78 is 6.79. The van der Waals surface area contributed by atoms with Gasteiger partial charge >= 0.3 is 6.01 Å². The number of thiophene rings is 1. The number of rotatable bonds is 0. The molecular weight excluding hydrogens is 188 g/mol. The van der Waals surface area contributed by atoms with Crippen molar-refractivity contribution in [3.05, 3.63) is 21.8 Å².